The van der Waals surface area contributed by atoms with Crippen molar-refractivity contribution in [2.75, 3.05) is 51.8 Å². The van der Waals surface area contributed by atoms with Gasteiger partial charge in [-0.1, -0.05) is 12.1 Å². The monoisotopic (exact) mass is 345 g/mol. The fraction of sp³-hybridized carbons (Fsp3) is 0.562. The van der Waals surface area contributed by atoms with Crippen LogP contribution < -0.4 is 5.32 Å². The molecule has 1 aliphatic rings. The molecule has 1 aromatic rings. The molecular formula is C16H22F3N3O2. The molecule has 0 saturated carbocycles. The number of piperazine rings is 1. The molecule has 0 radical (unpaired) electrons. The maximum Gasteiger partial charge on any atom is 0.418 e. The molecule has 1 aliphatic heterocycles. The fourth-order valence-corrected chi connectivity index (χ4v) is 2.64. The number of anilines is 1. The summed E-state index contributed by atoms with van der Waals surface area (Å²) in [6, 6.07) is 4.50. The van der Waals surface area contributed by atoms with Gasteiger partial charge in [0, 0.05) is 46.4 Å². The number of methoxy groups -OCH3 is 1. The smallest absolute Gasteiger partial charge is 0.385 e. The van der Waals surface area contributed by atoms with E-state index in [1.165, 1.54) is 18.2 Å². The third kappa shape index (κ3) is 5.10. The quantitative estimate of drug-likeness (QED) is 0.835. The number of carbonyl (C=O) groups is 1. The number of benzene rings is 1. The van der Waals surface area contributed by atoms with Crippen LogP contribution in [0.5, 0.6) is 0 Å². The summed E-state index contributed by atoms with van der Waals surface area (Å²) in [7, 11) is 1.65. The van der Waals surface area contributed by atoms with Gasteiger partial charge in [0.25, 0.3) is 0 Å². The number of urea groups is 1. The summed E-state index contributed by atoms with van der Waals surface area (Å²) in [5, 5.41) is 2.38. The first-order valence-corrected chi connectivity index (χ1v) is 7.85. The predicted octanol–water partition coefficient (Wildman–Crippen LogP) is 2.89. The van der Waals surface area contributed by atoms with Crippen molar-refractivity contribution in [2.45, 2.75) is 12.6 Å². The standard InChI is InChI=1S/C16H22F3N3O2/c1-24-12-4-7-21-8-10-22(11-9-21)15(23)20-14-6-3-2-5-13(14)16(17,18)19/h2-3,5-6H,4,7-12H2,1H3,(H,20,23). The topological polar surface area (TPSA) is 44.8 Å². The highest BCUT2D eigenvalue weighted by Gasteiger charge is 2.34. The zero-order valence-corrected chi connectivity index (χ0v) is 13.6. The number of rotatable bonds is 5. The number of hydrogen-bond donors (Lipinski definition) is 1. The van der Waals surface area contributed by atoms with Gasteiger partial charge >= 0.3 is 12.2 Å². The number of carbonyl (C=O) groups excluding carboxylic acids is 1. The molecule has 1 heterocycles. The molecule has 1 saturated heterocycles. The maximum atomic E-state index is 13.0. The van der Waals surface area contributed by atoms with Crippen molar-refractivity contribution < 1.29 is 22.7 Å². The zero-order chi connectivity index (χ0) is 17.6. The SMILES string of the molecule is COCCCN1CCN(C(=O)Nc2ccccc2C(F)(F)F)CC1. The number of alkyl halides is 3. The molecule has 24 heavy (non-hydrogen) atoms. The number of amides is 2. The van der Waals surface area contributed by atoms with E-state index in [-0.39, 0.29) is 5.69 Å². The lowest BCUT2D eigenvalue weighted by Crippen LogP contribution is -2.50. The van der Waals surface area contributed by atoms with Gasteiger partial charge in [-0.25, -0.2) is 4.79 Å². The van der Waals surface area contributed by atoms with Crippen molar-refractivity contribution in [1.82, 2.24) is 9.80 Å². The van der Waals surface area contributed by atoms with Gasteiger partial charge in [0.05, 0.1) is 11.3 Å². The number of nitrogens with one attached hydrogen (secondary N) is 1. The molecule has 0 bridgehead atoms. The molecule has 8 heteroatoms. The molecule has 1 N–H and O–H groups in total. The van der Waals surface area contributed by atoms with Crippen molar-refractivity contribution >= 4 is 11.7 Å². The molecule has 0 unspecified atom stereocenters. The van der Waals surface area contributed by atoms with Crippen molar-refractivity contribution in [1.29, 1.82) is 0 Å². The molecule has 134 valence electrons. The number of hydrogen-bond acceptors (Lipinski definition) is 3. The Hall–Kier alpha value is -1.80. The molecule has 0 spiro atoms. The Morgan fingerprint density at radius 1 is 1.21 bits per heavy atom. The Morgan fingerprint density at radius 3 is 2.50 bits per heavy atom. The third-order valence-electron chi connectivity index (χ3n) is 3.96. The van der Waals surface area contributed by atoms with Crippen LogP contribution in [0.15, 0.2) is 24.3 Å². The van der Waals surface area contributed by atoms with Crippen molar-refractivity contribution in [3.63, 3.8) is 0 Å². The van der Waals surface area contributed by atoms with Crippen LogP contribution in [0, 0.1) is 0 Å². The number of ether oxygens (including phenoxy) is 1. The van der Waals surface area contributed by atoms with Crippen LogP contribution in [-0.2, 0) is 10.9 Å². The first-order valence-electron chi connectivity index (χ1n) is 7.85. The average molecular weight is 345 g/mol. The van der Waals surface area contributed by atoms with Crippen LogP contribution in [0.1, 0.15) is 12.0 Å². The molecular weight excluding hydrogens is 323 g/mol. The molecule has 0 aromatic heterocycles. The van der Waals surface area contributed by atoms with Crippen LogP contribution in [-0.4, -0.2) is 62.3 Å². The van der Waals surface area contributed by atoms with E-state index in [1.807, 2.05) is 0 Å². The van der Waals surface area contributed by atoms with E-state index in [2.05, 4.69) is 10.2 Å². The van der Waals surface area contributed by atoms with Crippen LogP contribution in [0.3, 0.4) is 0 Å². The van der Waals surface area contributed by atoms with Crippen LogP contribution in [0.2, 0.25) is 0 Å². The summed E-state index contributed by atoms with van der Waals surface area (Å²) >= 11 is 0. The Labute approximate surface area is 139 Å². The molecule has 0 aliphatic carbocycles. The minimum absolute atomic E-state index is 0.211. The summed E-state index contributed by atoms with van der Waals surface area (Å²) in [6.45, 7) is 3.98. The van der Waals surface area contributed by atoms with E-state index in [4.69, 9.17) is 4.74 Å². The first-order chi connectivity index (χ1) is 11.4. The van der Waals surface area contributed by atoms with Crippen molar-refractivity contribution in [3.05, 3.63) is 29.8 Å². The summed E-state index contributed by atoms with van der Waals surface area (Å²) in [6.07, 6.45) is -3.58. The average Bonchev–Trinajstić information content (AvgIpc) is 2.55. The minimum atomic E-state index is -4.50. The van der Waals surface area contributed by atoms with Crippen molar-refractivity contribution in [2.24, 2.45) is 0 Å². The Balaban J connectivity index is 1.89. The first kappa shape index (κ1) is 18.5. The van der Waals surface area contributed by atoms with Gasteiger partial charge < -0.3 is 15.0 Å². The van der Waals surface area contributed by atoms with E-state index in [0.717, 1.165) is 19.0 Å². The van der Waals surface area contributed by atoms with E-state index >= 15 is 0 Å². The van der Waals surface area contributed by atoms with Gasteiger partial charge in [-0.05, 0) is 18.6 Å². The van der Waals surface area contributed by atoms with E-state index in [0.29, 0.717) is 32.8 Å². The van der Waals surface area contributed by atoms with Gasteiger partial charge in [-0.15, -0.1) is 0 Å². The van der Waals surface area contributed by atoms with Crippen LogP contribution in [0.25, 0.3) is 0 Å². The molecule has 1 aromatic carbocycles. The van der Waals surface area contributed by atoms with E-state index in [1.54, 1.807) is 12.0 Å². The lowest BCUT2D eigenvalue weighted by molar-refractivity contribution is -0.136. The third-order valence-corrected chi connectivity index (χ3v) is 3.96. The molecule has 2 amide bonds. The Kier molecular flexibility index (Phi) is 6.44. The largest absolute Gasteiger partial charge is 0.418 e. The fourth-order valence-electron chi connectivity index (χ4n) is 2.64. The summed E-state index contributed by atoms with van der Waals surface area (Å²) in [5.74, 6) is 0. The summed E-state index contributed by atoms with van der Waals surface area (Å²) in [5.41, 5.74) is -1.05. The Morgan fingerprint density at radius 2 is 1.88 bits per heavy atom. The van der Waals surface area contributed by atoms with Gasteiger partial charge in [0.1, 0.15) is 0 Å². The highest BCUT2D eigenvalue weighted by atomic mass is 19.4. The second-order valence-electron chi connectivity index (χ2n) is 5.65. The molecule has 1 fully saturated rings. The zero-order valence-electron chi connectivity index (χ0n) is 13.6. The number of halogens is 3. The second kappa shape index (κ2) is 8.34. The number of nitrogens with zero attached hydrogens (tertiary/aromatic N) is 2. The second-order valence-corrected chi connectivity index (χ2v) is 5.65. The summed E-state index contributed by atoms with van der Waals surface area (Å²) < 4.78 is 43.9. The van der Waals surface area contributed by atoms with Gasteiger partial charge in [0.15, 0.2) is 0 Å². The van der Waals surface area contributed by atoms with Crippen LogP contribution in [0.4, 0.5) is 23.7 Å². The van der Waals surface area contributed by atoms with Gasteiger partial charge in [-0.2, -0.15) is 13.2 Å². The highest BCUT2D eigenvalue weighted by Crippen LogP contribution is 2.34. The maximum absolute atomic E-state index is 13.0. The van der Waals surface area contributed by atoms with E-state index in [9.17, 15) is 18.0 Å². The van der Waals surface area contributed by atoms with Crippen LogP contribution >= 0.6 is 0 Å². The van der Waals surface area contributed by atoms with Crippen molar-refractivity contribution in [3.8, 4) is 0 Å². The van der Waals surface area contributed by atoms with Gasteiger partial charge in [-0.3, -0.25) is 4.90 Å². The highest BCUT2D eigenvalue weighted by molar-refractivity contribution is 5.90. The molecule has 0 atom stereocenters. The van der Waals surface area contributed by atoms with Gasteiger partial charge in [0.2, 0.25) is 0 Å². The normalized spacial score (nSPS) is 16.2. The molecule has 2 rings (SSSR count). The van der Waals surface area contributed by atoms with E-state index < -0.39 is 17.8 Å². The lowest BCUT2D eigenvalue weighted by Gasteiger charge is -2.34. The Bertz CT molecular complexity index is 544. The summed E-state index contributed by atoms with van der Waals surface area (Å²) in [4.78, 5) is 16.0. The lowest BCUT2D eigenvalue weighted by atomic mass is 10.1. The minimum Gasteiger partial charge on any atom is -0.385 e. The number of para-hydroxylation sites is 1. The molecule has 5 nitrogen and oxygen atoms in total. The predicted molar refractivity (Wildman–Crippen MR) is 85.0 cm³/mol.